The highest BCUT2D eigenvalue weighted by molar-refractivity contribution is 5.70. The van der Waals surface area contributed by atoms with E-state index in [0.717, 1.165) is 18.3 Å². The van der Waals surface area contributed by atoms with Gasteiger partial charge in [-0.2, -0.15) is 13.2 Å². The molecule has 0 aliphatic carbocycles. The fourth-order valence-corrected chi connectivity index (χ4v) is 1.17. The molecule has 0 unspecified atom stereocenters. The zero-order valence-electron chi connectivity index (χ0n) is 8.60. The van der Waals surface area contributed by atoms with Crippen molar-refractivity contribution in [2.75, 3.05) is 5.32 Å². The van der Waals surface area contributed by atoms with Crippen molar-refractivity contribution < 1.29 is 13.2 Å². The van der Waals surface area contributed by atoms with Crippen molar-refractivity contribution >= 4 is 11.9 Å². The van der Waals surface area contributed by atoms with E-state index in [9.17, 15) is 13.2 Å². The molecule has 0 atom stereocenters. The molecular weight excluding hydrogens is 217 g/mol. The van der Waals surface area contributed by atoms with Crippen molar-refractivity contribution in [2.45, 2.75) is 13.1 Å². The number of anilines is 1. The molecule has 0 amide bonds. The van der Waals surface area contributed by atoms with Crippen molar-refractivity contribution in [3.8, 4) is 0 Å². The lowest BCUT2D eigenvalue weighted by Gasteiger charge is -2.10. The van der Waals surface area contributed by atoms with Crippen LogP contribution in [0.4, 0.5) is 18.9 Å². The van der Waals surface area contributed by atoms with E-state index in [-0.39, 0.29) is 0 Å². The van der Waals surface area contributed by atoms with Gasteiger partial charge in [0.25, 0.3) is 0 Å². The van der Waals surface area contributed by atoms with Gasteiger partial charge in [-0.15, -0.1) is 0 Å². The van der Waals surface area contributed by atoms with Crippen LogP contribution in [0.15, 0.2) is 36.0 Å². The molecule has 0 saturated heterocycles. The Labute approximate surface area is 91.3 Å². The quantitative estimate of drug-likeness (QED) is 0.761. The highest BCUT2D eigenvalue weighted by Crippen LogP contribution is 2.30. The Hall–Kier alpha value is -1.78. The Morgan fingerprint density at radius 1 is 1.38 bits per heavy atom. The standard InChI is InChI=1S/C11H11F3N2/c1-8(5-6-15)16-10-4-2-3-9(7-10)11(12,13)14/h2-7,15-16H,1H3/b8-5+,15-6?. The molecule has 0 fully saturated rings. The average molecular weight is 228 g/mol. The van der Waals surface area contributed by atoms with Crippen LogP contribution in [0.25, 0.3) is 0 Å². The summed E-state index contributed by atoms with van der Waals surface area (Å²) in [6.45, 7) is 1.67. The first-order valence-corrected chi connectivity index (χ1v) is 4.55. The molecule has 5 heteroatoms. The fourth-order valence-electron chi connectivity index (χ4n) is 1.17. The van der Waals surface area contributed by atoms with Gasteiger partial charge in [0.15, 0.2) is 0 Å². The molecule has 2 N–H and O–H groups in total. The van der Waals surface area contributed by atoms with E-state index in [1.165, 1.54) is 18.2 Å². The normalized spacial score (nSPS) is 12.4. The molecule has 0 saturated carbocycles. The van der Waals surface area contributed by atoms with Gasteiger partial charge in [-0.3, -0.25) is 0 Å². The third-order valence-electron chi connectivity index (χ3n) is 1.86. The van der Waals surface area contributed by atoms with Gasteiger partial charge >= 0.3 is 6.18 Å². The summed E-state index contributed by atoms with van der Waals surface area (Å²) in [4.78, 5) is 0. The summed E-state index contributed by atoms with van der Waals surface area (Å²) in [5.74, 6) is 0. The molecule has 0 aliphatic rings. The molecule has 0 heterocycles. The van der Waals surface area contributed by atoms with Gasteiger partial charge in [0.05, 0.1) is 5.56 Å². The summed E-state index contributed by atoms with van der Waals surface area (Å²) in [6.07, 6.45) is -1.81. The fraction of sp³-hybridized carbons (Fsp3) is 0.182. The molecule has 2 nitrogen and oxygen atoms in total. The summed E-state index contributed by atoms with van der Waals surface area (Å²) in [5.41, 5.74) is 0.264. The largest absolute Gasteiger partial charge is 0.416 e. The molecule has 1 aromatic carbocycles. The van der Waals surface area contributed by atoms with E-state index in [1.54, 1.807) is 6.92 Å². The maximum atomic E-state index is 12.4. The first-order chi connectivity index (χ1) is 7.43. The van der Waals surface area contributed by atoms with Gasteiger partial charge in [-0.05, 0) is 31.2 Å². The lowest BCUT2D eigenvalue weighted by Crippen LogP contribution is -2.05. The molecule has 86 valence electrons. The summed E-state index contributed by atoms with van der Waals surface area (Å²) >= 11 is 0. The molecule has 1 rings (SSSR count). The molecule has 0 spiro atoms. The highest BCUT2D eigenvalue weighted by Gasteiger charge is 2.30. The second-order valence-corrected chi connectivity index (χ2v) is 3.22. The number of alkyl halides is 3. The predicted octanol–water partition coefficient (Wildman–Crippen LogP) is 3.67. The first-order valence-electron chi connectivity index (χ1n) is 4.55. The van der Waals surface area contributed by atoms with Gasteiger partial charge in [-0.1, -0.05) is 6.07 Å². The van der Waals surface area contributed by atoms with E-state index >= 15 is 0 Å². The van der Waals surface area contributed by atoms with Gasteiger partial charge in [0.2, 0.25) is 0 Å². The highest BCUT2D eigenvalue weighted by atomic mass is 19.4. The Morgan fingerprint density at radius 2 is 2.06 bits per heavy atom. The van der Waals surface area contributed by atoms with Gasteiger partial charge in [0.1, 0.15) is 0 Å². The topological polar surface area (TPSA) is 35.9 Å². The zero-order valence-corrected chi connectivity index (χ0v) is 8.60. The van der Waals surface area contributed by atoms with Crippen molar-refractivity contribution in [1.82, 2.24) is 0 Å². The SMILES string of the molecule is C/C(=C\C=N)Nc1cccc(C(F)(F)F)c1. The van der Waals surface area contributed by atoms with Crippen molar-refractivity contribution in [2.24, 2.45) is 0 Å². The Bertz CT molecular complexity index is 408. The number of rotatable bonds is 3. The number of halogens is 3. The number of nitrogens with one attached hydrogen (secondary N) is 2. The number of benzene rings is 1. The molecule has 0 radical (unpaired) electrons. The molecule has 16 heavy (non-hydrogen) atoms. The summed E-state index contributed by atoms with van der Waals surface area (Å²) in [5, 5.41) is 9.58. The number of hydrogen-bond donors (Lipinski definition) is 2. The van der Waals surface area contributed by atoms with E-state index < -0.39 is 11.7 Å². The number of hydrogen-bond acceptors (Lipinski definition) is 2. The molecule has 0 aromatic heterocycles. The van der Waals surface area contributed by atoms with Crippen molar-refractivity contribution in [3.63, 3.8) is 0 Å². The molecule has 0 aliphatic heterocycles. The molecule has 0 bridgehead atoms. The van der Waals surface area contributed by atoms with Crippen LogP contribution in [0.1, 0.15) is 12.5 Å². The third kappa shape index (κ3) is 3.42. The number of allylic oxidation sites excluding steroid dienone is 2. The lowest BCUT2D eigenvalue weighted by molar-refractivity contribution is -0.137. The Balaban J connectivity index is 2.91. The van der Waals surface area contributed by atoms with Crippen LogP contribution in [-0.2, 0) is 6.18 Å². The smallest absolute Gasteiger partial charge is 0.359 e. The van der Waals surface area contributed by atoms with E-state index in [4.69, 9.17) is 5.41 Å². The van der Waals surface area contributed by atoms with Gasteiger partial charge < -0.3 is 10.7 Å². The summed E-state index contributed by atoms with van der Waals surface area (Å²) in [6, 6.07) is 4.92. The third-order valence-corrected chi connectivity index (χ3v) is 1.86. The van der Waals surface area contributed by atoms with Crippen LogP contribution in [0.3, 0.4) is 0 Å². The maximum absolute atomic E-state index is 12.4. The minimum Gasteiger partial charge on any atom is -0.359 e. The van der Waals surface area contributed by atoms with E-state index in [0.29, 0.717) is 11.4 Å². The van der Waals surface area contributed by atoms with Crippen LogP contribution < -0.4 is 5.32 Å². The summed E-state index contributed by atoms with van der Waals surface area (Å²) in [7, 11) is 0. The van der Waals surface area contributed by atoms with Crippen LogP contribution in [-0.4, -0.2) is 6.21 Å². The first kappa shape index (κ1) is 12.3. The van der Waals surface area contributed by atoms with E-state index in [2.05, 4.69) is 5.32 Å². The van der Waals surface area contributed by atoms with Crippen LogP contribution in [0.5, 0.6) is 0 Å². The monoisotopic (exact) mass is 228 g/mol. The maximum Gasteiger partial charge on any atom is 0.416 e. The molecule has 1 aromatic rings. The van der Waals surface area contributed by atoms with E-state index in [1.807, 2.05) is 0 Å². The summed E-state index contributed by atoms with van der Waals surface area (Å²) < 4.78 is 37.1. The Morgan fingerprint density at radius 3 is 2.62 bits per heavy atom. The second kappa shape index (κ2) is 4.83. The van der Waals surface area contributed by atoms with Gasteiger partial charge in [-0.25, -0.2) is 0 Å². The van der Waals surface area contributed by atoms with Crippen molar-refractivity contribution in [1.29, 1.82) is 5.41 Å². The minimum atomic E-state index is -4.34. The second-order valence-electron chi connectivity index (χ2n) is 3.22. The van der Waals surface area contributed by atoms with Crippen molar-refractivity contribution in [3.05, 3.63) is 41.6 Å². The minimum absolute atomic E-state index is 0.352. The molecular formula is C11H11F3N2. The average Bonchev–Trinajstić information content (AvgIpc) is 2.17. The van der Waals surface area contributed by atoms with Crippen LogP contribution in [0, 0.1) is 5.41 Å². The predicted molar refractivity (Wildman–Crippen MR) is 57.6 cm³/mol. The van der Waals surface area contributed by atoms with Crippen LogP contribution >= 0.6 is 0 Å². The van der Waals surface area contributed by atoms with Crippen LogP contribution in [0.2, 0.25) is 0 Å². The van der Waals surface area contributed by atoms with Gasteiger partial charge in [0, 0.05) is 17.6 Å². The lowest BCUT2D eigenvalue weighted by atomic mass is 10.2. The Kier molecular flexibility index (Phi) is 3.71. The zero-order chi connectivity index (χ0) is 12.2.